The van der Waals surface area contributed by atoms with Gasteiger partial charge in [0, 0.05) is 24.7 Å². The summed E-state index contributed by atoms with van der Waals surface area (Å²) in [4.78, 5) is 36.6. The number of carbonyl (C=O) groups excluding carboxylic acids is 1. The van der Waals surface area contributed by atoms with Crippen LogP contribution in [0.15, 0.2) is 47.5 Å². The molecule has 7 heteroatoms. The molecule has 7 nitrogen and oxygen atoms in total. The van der Waals surface area contributed by atoms with Crippen LogP contribution in [0.25, 0.3) is 22.2 Å². The first-order valence-corrected chi connectivity index (χ1v) is 8.64. The lowest BCUT2D eigenvalue weighted by Gasteiger charge is -2.30. The third-order valence-corrected chi connectivity index (χ3v) is 4.68. The monoisotopic (exact) mass is 349 g/mol. The summed E-state index contributed by atoms with van der Waals surface area (Å²) in [5.41, 5.74) is 1.73. The van der Waals surface area contributed by atoms with Gasteiger partial charge in [-0.2, -0.15) is 0 Å². The van der Waals surface area contributed by atoms with Gasteiger partial charge < -0.3 is 15.2 Å². The number of likely N-dealkylation sites (tertiary alicyclic amines) is 1. The Morgan fingerprint density at radius 3 is 2.88 bits per heavy atom. The molecule has 1 unspecified atom stereocenters. The Morgan fingerprint density at radius 1 is 1.23 bits per heavy atom. The summed E-state index contributed by atoms with van der Waals surface area (Å²) in [6, 6.07) is 11.5. The Labute approximate surface area is 150 Å². The van der Waals surface area contributed by atoms with Crippen molar-refractivity contribution in [3.05, 3.63) is 53.1 Å². The number of anilines is 1. The molecule has 1 aromatic carbocycles. The lowest BCUT2D eigenvalue weighted by Crippen LogP contribution is -2.41. The fraction of sp³-hybridized carbons (Fsp3) is 0.263. The van der Waals surface area contributed by atoms with E-state index in [1.165, 1.54) is 6.33 Å². The summed E-state index contributed by atoms with van der Waals surface area (Å²) >= 11 is 0. The first kappa shape index (κ1) is 16.3. The van der Waals surface area contributed by atoms with Crippen LogP contribution in [0.5, 0.6) is 0 Å². The van der Waals surface area contributed by atoms with Gasteiger partial charge >= 0.3 is 0 Å². The number of aromatic nitrogens is 3. The van der Waals surface area contributed by atoms with Crippen LogP contribution >= 0.6 is 0 Å². The van der Waals surface area contributed by atoms with Gasteiger partial charge in [-0.1, -0.05) is 30.3 Å². The number of nitrogens with zero attached hydrogens (tertiary/aromatic N) is 3. The van der Waals surface area contributed by atoms with E-state index in [1.54, 1.807) is 4.90 Å². The molecule has 1 saturated heterocycles. The molecule has 1 aliphatic heterocycles. The smallest absolute Gasteiger partial charge is 0.257 e. The molecule has 2 aromatic heterocycles. The SMILES string of the molecule is O=CN1CCCC(Nc2ncnc3[nH]c(=O)c(-c4ccccc4)cc23)C1. The molecule has 0 spiro atoms. The lowest BCUT2D eigenvalue weighted by atomic mass is 10.0. The minimum atomic E-state index is -0.182. The van der Waals surface area contributed by atoms with Crippen LogP contribution in [-0.4, -0.2) is 45.4 Å². The number of carbonyl (C=O) groups is 1. The molecule has 0 saturated carbocycles. The van der Waals surface area contributed by atoms with Gasteiger partial charge in [-0.25, -0.2) is 9.97 Å². The van der Waals surface area contributed by atoms with E-state index in [9.17, 15) is 9.59 Å². The number of H-pyrrole nitrogens is 1. The minimum Gasteiger partial charge on any atom is -0.365 e. The fourth-order valence-electron chi connectivity index (χ4n) is 3.38. The van der Waals surface area contributed by atoms with Crippen molar-refractivity contribution in [3.63, 3.8) is 0 Å². The quantitative estimate of drug-likeness (QED) is 0.703. The zero-order valence-corrected chi connectivity index (χ0v) is 14.2. The molecular formula is C19H19N5O2. The Morgan fingerprint density at radius 2 is 2.08 bits per heavy atom. The van der Waals surface area contributed by atoms with E-state index in [0.717, 1.165) is 36.7 Å². The largest absolute Gasteiger partial charge is 0.365 e. The maximum Gasteiger partial charge on any atom is 0.257 e. The number of hydrogen-bond donors (Lipinski definition) is 2. The summed E-state index contributed by atoms with van der Waals surface area (Å²) in [5, 5.41) is 4.17. The molecule has 1 aliphatic rings. The molecule has 1 fully saturated rings. The van der Waals surface area contributed by atoms with Crippen molar-refractivity contribution < 1.29 is 4.79 Å². The third-order valence-electron chi connectivity index (χ3n) is 4.68. The number of rotatable bonds is 4. The molecule has 1 amide bonds. The molecule has 0 bridgehead atoms. The van der Waals surface area contributed by atoms with Gasteiger partial charge in [0.05, 0.1) is 5.39 Å². The van der Waals surface area contributed by atoms with Gasteiger partial charge in [0.2, 0.25) is 6.41 Å². The van der Waals surface area contributed by atoms with E-state index in [0.29, 0.717) is 23.6 Å². The summed E-state index contributed by atoms with van der Waals surface area (Å²) < 4.78 is 0. The Kier molecular flexibility index (Phi) is 4.35. The summed E-state index contributed by atoms with van der Waals surface area (Å²) in [5.74, 6) is 0.668. The molecule has 3 aromatic rings. The highest BCUT2D eigenvalue weighted by molar-refractivity contribution is 5.89. The second kappa shape index (κ2) is 6.95. The molecule has 2 N–H and O–H groups in total. The van der Waals surface area contributed by atoms with E-state index in [2.05, 4.69) is 20.3 Å². The van der Waals surface area contributed by atoms with Crippen LogP contribution in [0.2, 0.25) is 0 Å². The highest BCUT2D eigenvalue weighted by Crippen LogP contribution is 2.24. The number of piperidine rings is 1. The Hall–Kier alpha value is -3.22. The van der Waals surface area contributed by atoms with E-state index in [1.807, 2.05) is 36.4 Å². The molecule has 0 aliphatic carbocycles. The number of pyridine rings is 1. The van der Waals surface area contributed by atoms with Gasteiger partial charge in [-0.3, -0.25) is 9.59 Å². The zero-order chi connectivity index (χ0) is 17.9. The standard InChI is InChI=1S/C19H19N5O2/c25-12-24-8-4-7-14(10-24)22-17-16-9-15(13-5-2-1-3-6-13)19(26)23-18(16)21-11-20-17/h1-3,5-6,9,11-12,14H,4,7-8,10H2,(H2,20,21,22,23,26). The topological polar surface area (TPSA) is 91.0 Å². The predicted molar refractivity (Wildman–Crippen MR) is 99.9 cm³/mol. The Bertz CT molecular complexity index is 986. The van der Waals surface area contributed by atoms with Gasteiger partial charge in [0.25, 0.3) is 5.56 Å². The van der Waals surface area contributed by atoms with E-state index < -0.39 is 0 Å². The number of benzene rings is 1. The molecule has 1 atom stereocenters. The van der Waals surface area contributed by atoms with Crippen molar-refractivity contribution in [2.45, 2.75) is 18.9 Å². The van der Waals surface area contributed by atoms with Crippen molar-refractivity contribution in [3.8, 4) is 11.1 Å². The van der Waals surface area contributed by atoms with Crippen molar-refractivity contribution in [1.29, 1.82) is 0 Å². The van der Waals surface area contributed by atoms with E-state index in [4.69, 9.17) is 0 Å². The van der Waals surface area contributed by atoms with Crippen molar-refractivity contribution in [1.82, 2.24) is 19.9 Å². The second-order valence-corrected chi connectivity index (χ2v) is 6.45. The van der Waals surface area contributed by atoms with Gasteiger partial charge in [0.15, 0.2) is 0 Å². The predicted octanol–water partition coefficient (Wildman–Crippen LogP) is 2.02. The number of fused-ring (bicyclic) bond motifs is 1. The molecule has 3 heterocycles. The van der Waals surface area contributed by atoms with Crippen LogP contribution in [0.1, 0.15) is 12.8 Å². The molecule has 132 valence electrons. The van der Waals surface area contributed by atoms with Gasteiger partial charge in [-0.05, 0) is 24.5 Å². The van der Waals surface area contributed by atoms with Gasteiger partial charge in [0.1, 0.15) is 17.8 Å². The lowest BCUT2D eigenvalue weighted by molar-refractivity contribution is -0.119. The van der Waals surface area contributed by atoms with Gasteiger partial charge in [-0.15, -0.1) is 0 Å². The van der Waals surface area contributed by atoms with Crippen molar-refractivity contribution in [2.75, 3.05) is 18.4 Å². The van der Waals surface area contributed by atoms with Crippen LogP contribution in [0.3, 0.4) is 0 Å². The maximum absolute atomic E-state index is 12.4. The second-order valence-electron chi connectivity index (χ2n) is 6.45. The zero-order valence-electron chi connectivity index (χ0n) is 14.2. The molecule has 4 rings (SSSR count). The highest BCUT2D eigenvalue weighted by atomic mass is 16.1. The van der Waals surface area contributed by atoms with Crippen LogP contribution < -0.4 is 10.9 Å². The number of hydrogen-bond acceptors (Lipinski definition) is 5. The summed E-state index contributed by atoms with van der Waals surface area (Å²) in [7, 11) is 0. The van der Waals surface area contributed by atoms with E-state index in [-0.39, 0.29) is 11.6 Å². The Balaban J connectivity index is 1.73. The average molecular weight is 349 g/mol. The number of aromatic amines is 1. The fourth-order valence-corrected chi connectivity index (χ4v) is 3.38. The van der Waals surface area contributed by atoms with Crippen molar-refractivity contribution in [2.24, 2.45) is 0 Å². The highest BCUT2D eigenvalue weighted by Gasteiger charge is 2.20. The average Bonchev–Trinajstić information content (AvgIpc) is 2.68. The minimum absolute atomic E-state index is 0.124. The number of nitrogens with one attached hydrogen (secondary N) is 2. The summed E-state index contributed by atoms with van der Waals surface area (Å²) in [6.45, 7) is 1.43. The van der Waals surface area contributed by atoms with E-state index >= 15 is 0 Å². The summed E-state index contributed by atoms with van der Waals surface area (Å²) in [6.07, 6.45) is 4.23. The third kappa shape index (κ3) is 3.15. The molecule has 0 radical (unpaired) electrons. The molecular weight excluding hydrogens is 330 g/mol. The normalized spacial score (nSPS) is 17.2. The first-order valence-electron chi connectivity index (χ1n) is 8.64. The number of amides is 1. The maximum atomic E-state index is 12.4. The van der Waals surface area contributed by atoms with Crippen LogP contribution in [0.4, 0.5) is 5.82 Å². The van der Waals surface area contributed by atoms with Crippen LogP contribution in [0, 0.1) is 0 Å². The molecule has 26 heavy (non-hydrogen) atoms. The first-order chi connectivity index (χ1) is 12.7. The van der Waals surface area contributed by atoms with Crippen LogP contribution in [-0.2, 0) is 4.79 Å². The van der Waals surface area contributed by atoms with Crippen molar-refractivity contribution >= 4 is 23.3 Å².